The van der Waals surface area contributed by atoms with E-state index in [0.717, 1.165) is 0 Å². The molecule has 1 unspecified atom stereocenters. The summed E-state index contributed by atoms with van der Waals surface area (Å²) in [5.74, 6) is 3.41. The van der Waals surface area contributed by atoms with E-state index in [1.54, 1.807) is 0 Å². The minimum absolute atomic E-state index is 0.0168. The summed E-state index contributed by atoms with van der Waals surface area (Å²) < 4.78 is 0. The first kappa shape index (κ1) is 14.3. The van der Waals surface area contributed by atoms with Crippen LogP contribution in [-0.2, 0) is 9.59 Å². The molecular weight excluding hydrogens is 262 g/mol. The van der Waals surface area contributed by atoms with E-state index in [4.69, 9.17) is 15.0 Å². The molecule has 9 heteroatoms. The molecule has 2 aliphatic heterocycles. The predicted molar refractivity (Wildman–Crippen MR) is 63.4 cm³/mol. The van der Waals surface area contributed by atoms with Crippen LogP contribution in [0.2, 0.25) is 0 Å². The number of nitrogens with zero attached hydrogens (tertiary/aromatic N) is 1. The molecule has 1 fully saturated rings. The minimum Gasteiger partial charge on any atom is -0.478 e. The van der Waals surface area contributed by atoms with Crippen LogP contribution in [0.4, 0.5) is 4.79 Å². The van der Waals surface area contributed by atoms with Crippen molar-refractivity contribution in [1.29, 1.82) is 0 Å². The molecule has 2 heterocycles. The van der Waals surface area contributed by atoms with Crippen molar-refractivity contribution in [3.05, 3.63) is 11.8 Å². The third-order valence-corrected chi connectivity index (χ3v) is 3.77. The molecule has 0 spiro atoms. The topological polar surface area (TPSA) is 133 Å². The van der Waals surface area contributed by atoms with Gasteiger partial charge in [0.2, 0.25) is 5.91 Å². The molecule has 8 nitrogen and oxygen atoms in total. The first-order chi connectivity index (χ1) is 8.36. The second-order valence-electron chi connectivity index (χ2n) is 3.58. The third-order valence-electron chi connectivity index (χ3n) is 2.40. The summed E-state index contributed by atoms with van der Waals surface area (Å²) in [6.45, 7) is 1.85. The Morgan fingerprint density at radius 2 is 2.11 bits per heavy atom. The number of hydrogen-bond donors (Lipinski definition) is 4. The van der Waals surface area contributed by atoms with E-state index in [2.05, 4.69) is 5.84 Å². The van der Waals surface area contributed by atoms with E-state index in [0.29, 0.717) is 12.0 Å². The van der Waals surface area contributed by atoms with Gasteiger partial charge in [0, 0.05) is 11.4 Å². The lowest BCUT2D eigenvalue weighted by Gasteiger charge is -2.42. The fourth-order valence-corrected chi connectivity index (χ4v) is 2.79. The van der Waals surface area contributed by atoms with Gasteiger partial charge in [-0.25, -0.2) is 15.4 Å². The number of nitrogens with two attached hydrogens (primary N) is 1. The Morgan fingerprint density at radius 1 is 1.56 bits per heavy atom. The van der Waals surface area contributed by atoms with Crippen molar-refractivity contribution in [2.75, 3.05) is 0 Å². The lowest BCUT2D eigenvalue weighted by molar-refractivity contribution is -0.138. The molecule has 18 heavy (non-hydrogen) atoms. The average molecular weight is 275 g/mol. The molecular formula is C9H13N3O5S. The van der Waals surface area contributed by atoms with Crippen LogP contribution >= 0.6 is 11.8 Å². The largest absolute Gasteiger partial charge is 0.478 e. The molecule has 2 aliphatic rings. The molecule has 0 radical (unpaired) electrons. The fraction of sp³-hybridized carbons (Fsp3) is 0.444. The van der Waals surface area contributed by atoms with Gasteiger partial charge in [0.25, 0.3) is 0 Å². The fourth-order valence-electron chi connectivity index (χ4n) is 1.46. The Balaban J connectivity index is 0.000000280. The van der Waals surface area contributed by atoms with Crippen LogP contribution in [0.1, 0.15) is 13.3 Å². The van der Waals surface area contributed by atoms with E-state index in [1.807, 2.05) is 6.92 Å². The van der Waals surface area contributed by atoms with Crippen molar-refractivity contribution in [2.45, 2.75) is 24.0 Å². The molecule has 0 aromatic rings. The number of β-lactam (4-membered cyclic amide) rings is 1. The Labute approximate surface area is 107 Å². The number of hydrazine groups is 1. The number of rotatable bonds is 1. The highest BCUT2D eigenvalue weighted by molar-refractivity contribution is 8.00. The van der Waals surface area contributed by atoms with Crippen LogP contribution in [0.5, 0.6) is 0 Å². The third kappa shape index (κ3) is 3.14. The maximum absolute atomic E-state index is 11.0. The van der Waals surface area contributed by atoms with Gasteiger partial charge in [-0.1, -0.05) is 0 Å². The van der Waals surface area contributed by atoms with Crippen molar-refractivity contribution in [3.63, 3.8) is 0 Å². The number of carbonyl (C=O) groups excluding carboxylic acids is 1. The zero-order valence-electron chi connectivity index (χ0n) is 9.49. The van der Waals surface area contributed by atoms with Crippen LogP contribution in [-0.4, -0.2) is 43.7 Å². The number of fused-ring (bicyclic) bond motifs is 1. The zero-order chi connectivity index (χ0) is 13.9. The second kappa shape index (κ2) is 5.74. The summed E-state index contributed by atoms with van der Waals surface area (Å²) in [6, 6.07) is 0. The molecule has 0 saturated carbocycles. The SMILES string of the molecule is CC1S[C@@H]2CC(=O)N2C=C1C(=O)O.NNC(=O)O. The van der Waals surface area contributed by atoms with Gasteiger partial charge in [0.15, 0.2) is 0 Å². The second-order valence-corrected chi connectivity index (χ2v) is 5.10. The van der Waals surface area contributed by atoms with E-state index < -0.39 is 12.1 Å². The maximum Gasteiger partial charge on any atom is 0.418 e. The Kier molecular flexibility index (Phi) is 4.56. The summed E-state index contributed by atoms with van der Waals surface area (Å²) in [5, 5.41) is 16.4. The Hall–Kier alpha value is -1.74. The van der Waals surface area contributed by atoms with Crippen LogP contribution in [0, 0.1) is 0 Å². The highest BCUT2D eigenvalue weighted by Crippen LogP contribution is 2.39. The minimum atomic E-state index is -1.22. The van der Waals surface area contributed by atoms with Crippen LogP contribution < -0.4 is 11.3 Å². The van der Waals surface area contributed by atoms with E-state index in [9.17, 15) is 9.59 Å². The lowest BCUT2D eigenvalue weighted by Crippen LogP contribution is -2.50. The van der Waals surface area contributed by atoms with Crippen LogP contribution in [0.25, 0.3) is 0 Å². The van der Waals surface area contributed by atoms with Gasteiger partial charge in [0.1, 0.15) is 0 Å². The number of amides is 2. The van der Waals surface area contributed by atoms with Crippen molar-refractivity contribution in [1.82, 2.24) is 10.3 Å². The van der Waals surface area contributed by atoms with Gasteiger partial charge in [-0.15, -0.1) is 11.8 Å². The number of carboxylic acids is 1. The van der Waals surface area contributed by atoms with Crippen molar-refractivity contribution in [2.24, 2.45) is 5.84 Å². The molecule has 2 rings (SSSR count). The zero-order valence-corrected chi connectivity index (χ0v) is 10.3. The predicted octanol–water partition coefficient (Wildman–Crippen LogP) is -0.224. The van der Waals surface area contributed by atoms with Gasteiger partial charge in [-0.05, 0) is 6.92 Å². The van der Waals surface area contributed by atoms with Gasteiger partial charge in [-0.2, -0.15) is 0 Å². The van der Waals surface area contributed by atoms with Gasteiger partial charge in [0.05, 0.1) is 17.4 Å². The monoisotopic (exact) mass is 275 g/mol. The van der Waals surface area contributed by atoms with Crippen LogP contribution in [0.15, 0.2) is 11.8 Å². The Morgan fingerprint density at radius 3 is 2.50 bits per heavy atom. The Bertz CT molecular complexity index is 411. The standard InChI is InChI=1S/C8H9NO3S.CH4N2O2/c1-4-5(8(11)12)3-9-6(10)2-7(9)13-4;2-3-1(4)5/h3-4,7H,2H2,1H3,(H,11,12);3H,2H2,(H,4,5)/t4?,7-;/m1./s1. The van der Waals surface area contributed by atoms with E-state index >= 15 is 0 Å². The van der Waals surface area contributed by atoms with Gasteiger partial charge < -0.3 is 15.1 Å². The molecule has 2 atom stereocenters. The van der Waals surface area contributed by atoms with Gasteiger partial charge >= 0.3 is 12.1 Å². The summed E-state index contributed by atoms with van der Waals surface area (Å²) >= 11 is 1.53. The lowest BCUT2D eigenvalue weighted by atomic mass is 10.1. The summed E-state index contributed by atoms with van der Waals surface area (Å²) in [4.78, 5) is 32.4. The highest BCUT2D eigenvalue weighted by atomic mass is 32.2. The summed E-state index contributed by atoms with van der Waals surface area (Å²) in [7, 11) is 0. The van der Waals surface area contributed by atoms with Crippen molar-refractivity contribution in [3.8, 4) is 0 Å². The van der Waals surface area contributed by atoms with Crippen molar-refractivity contribution >= 4 is 29.7 Å². The first-order valence-electron chi connectivity index (χ1n) is 4.98. The number of carbonyl (C=O) groups is 3. The number of nitrogens with one attached hydrogen (secondary N) is 1. The molecule has 0 aromatic heterocycles. The van der Waals surface area contributed by atoms with E-state index in [1.165, 1.54) is 28.3 Å². The summed E-state index contributed by atoms with van der Waals surface area (Å²) in [6.07, 6.45) is 0.795. The molecule has 2 amide bonds. The number of aliphatic carboxylic acids is 1. The molecule has 0 bridgehead atoms. The average Bonchev–Trinajstić information content (AvgIpc) is 2.28. The molecule has 1 saturated heterocycles. The van der Waals surface area contributed by atoms with E-state index in [-0.39, 0.29) is 16.5 Å². The number of carboxylic acid groups (broad SMARTS) is 2. The molecule has 0 aliphatic carbocycles. The highest BCUT2D eigenvalue weighted by Gasteiger charge is 2.41. The quantitative estimate of drug-likeness (QED) is 0.225. The molecule has 5 N–H and O–H groups in total. The first-order valence-corrected chi connectivity index (χ1v) is 5.92. The van der Waals surface area contributed by atoms with Crippen LogP contribution in [0.3, 0.4) is 0 Å². The summed E-state index contributed by atoms with van der Waals surface area (Å²) in [5.41, 5.74) is 1.76. The normalized spacial score (nSPS) is 24.9. The number of thioether (sulfide) groups is 1. The molecule has 100 valence electrons. The number of hydrogen-bond acceptors (Lipinski definition) is 5. The smallest absolute Gasteiger partial charge is 0.418 e. The molecule has 0 aromatic carbocycles. The van der Waals surface area contributed by atoms with Gasteiger partial charge in [-0.3, -0.25) is 10.2 Å². The maximum atomic E-state index is 11.0. The van der Waals surface area contributed by atoms with Crippen molar-refractivity contribution < 1.29 is 24.6 Å².